The average molecular weight is 376 g/mol. The number of amides is 1. The molecule has 1 heterocycles. The van der Waals surface area contributed by atoms with Gasteiger partial charge in [0.25, 0.3) is 5.91 Å². The molecule has 0 aliphatic rings. The Kier molecular flexibility index (Phi) is 6.22. The van der Waals surface area contributed by atoms with E-state index < -0.39 is 0 Å². The van der Waals surface area contributed by atoms with Crippen molar-refractivity contribution in [3.05, 3.63) is 66.4 Å². The van der Waals surface area contributed by atoms with Crippen LogP contribution in [0.4, 0.5) is 11.5 Å². The zero-order chi connectivity index (χ0) is 19.9. The SMILES string of the molecule is CCN(CC)c1cc(C(=O)Nc2ccccc2OC)nc(-c2ccccc2)n1. The first-order valence-electron chi connectivity index (χ1n) is 9.30. The van der Waals surface area contributed by atoms with E-state index in [-0.39, 0.29) is 5.91 Å². The maximum atomic E-state index is 12.9. The van der Waals surface area contributed by atoms with Gasteiger partial charge in [0.1, 0.15) is 17.3 Å². The Morgan fingerprint density at radius 2 is 1.68 bits per heavy atom. The van der Waals surface area contributed by atoms with Crippen LogP contribution in [0.3, 0.4) is 0 Å². The van der Waals surface area contributed by atoms with Crippen LogP contribution in [0, 0.1) is 0 Å². The van der Waals surface area contributed by atoms with E-state index in [2.05, 4.69) is 34.0 Å². The highest BCUT2D eigenvalue weighted by molar-refractivity contribution is 6.04. The minimum atomic E-state index is -0.308. The van der Waals surface area contributed by atoms with Crippen molar-refractivity contribution < 1.29 is 9.53 Å². The first-order valence-corrected chi connectivity index (χ1v) is 9.30. The number of ether oxygens (including phenoxy) is 1. The van der Waals surface area contributed by atoms with Crippen molar-refractivity contribution in [2.24, 2.45) is 0 Å². The zero-order valence-electron chi connectivity index (χ0n) is 16.3. The summed E-state index contributed by atoms with van der Waals surface area (Å²) >= 11 is 0. The summed E-state index contributed by atoms with van der Waals surface area (Å²) in [7, 11) is 1.57. The van der Waals surface area contributed by atoms with Crippen molar-refractivity contribution in [3.63, 3.8) is 0 Å². The molecule has 2 aromatic carbocycles. The Morgan fingerprint density at radius 1 is 1.00 bits per heavy atom. The third-order valence-corrected chi connectivity index (χ3v) is 4.42. The monoisotopic (exact) mass is 376 g/mol. The van der Waals surface area contributed by atoms with E-state index in [1.807, 2.05) is 42.5 Å². The van der Waals surface area contributed by atoms with Crippen molar-refractivity contribution in [2.75, 3.05) is 30.4 Å². The number of rotatable bonds is 7. The molecule has 0 aliphatic carbocycles. The first-order chi connectivity index (χ1) is 13.7. The summed E-state index contributed by atoms with van der Waals surface area (Å²) in [5.74, 6) is 1.54. The van der Waals surface area contributed by atoms with Crippen LogP contribution in [0.5, 0.6) is 5.75 Å². The van der Waals surface area contributed by atoms with Gasteiger partial charge in [-0.05, 0) is 26.0 Å². The van der Waals surface area contributed by atoms with Gasteiger partial charge in [0.15, 0.2) is 5.82 Å². The van der Waals surface area contributed by atoms with Crippen molar-refractivity contribution in [1.82, 2.24) is 9.97 Å². The molecular formula is C22H24N4O2. The summed E-state index contributed by atoms with van der Waals surface area (Å²) in [6.07, 6.45) is 0. The van der Waals surface area contributed by atoms with Crippen molar-refractivity contribution in [1.29, 1.82) is 0 Å². The fourth-order valence-corrected chi connectivity index (χ4v) is 2.91. The van der Waals surface area contributed by atoms with Crippen LogP contribution >= 0.6 is 0 Å². The molecule has 0 radical (unpaired) electrons. The normalized spacial score (nSPS) is 10.4. The number of carbonyl (C=O) groups excluding carboxylic acids is 1. The number of anilines is 2. The fraction of sp³-hybridized carbons (Fsp3) is 0.227. The van der Waals surface area contributed by atoms with E-state index in [1.165, 1.54) is 0 Å². The Bertz CT molecular complexity index is 940. The maximum Gasteiger partial charge on any atom is 0.274 e. The average Bonchev–Trinajstić information content (AvgIpc) is 2.75. The van der Waals surface area contributed by atoms with Crippen LogP contribution in [-0.4, -0.2) is 36.1 Å². The van der Waals surface area contributed by atoms with Crippen LogP contribution in [0.1, 0.15) is 24.3 Å². The molecule has 1 aromatic heterocycles. The summed E-state index contributed by atoms with van der Waals surface area (Å²) in [5, 5.41) is 2.89. The molecule has 0 fully saturated rings. The molecule has 0 saturated carbocycles. The summed E-state index contributed by atoms with van der Waals surface area (Å²) in [6, 6.07) is 18.7. The van der Waals surface area contributed by atoms with E-state index in [0.29, 0.717) is 23.0 Å². The largest absolute Gasteiger partial charge is 0.495 e. The zero-order valence-corrected chi connectivity index (χ0v) is 16.3. The predicted octanol–water partition coefficient (Wildman–Crippen LogP) is 4.25. The number of hydrogen-bond acceptors (Lipinski definition) is 5. The maximum absolute atomic E-state index is 12.9. The topological polar surface area (TPSA) is 67.4 Å². The molecule has 0 bridgehead atoms. The standard InChI is InChI=1S/C22H24N4O2/c1-4-26(5-2)20-15-18(23-21(25-20)16-11-7-6-8-12-16)22(27)24-17-13-9-10-14-19(17)28-3/h6-15H,4-5H2,1-3H3,(H,24,27). The smallest absolute Gasteiger partial charge is 0.274 e. The highest BCUT2D eigenvalue weighted by Crippen LogP contribution is 2.25. The Labute approximate surface area is 165 Å². The first kappa shape index (κ1) is 19.4. The molecule has 6 nitrogen and oxygen atoms in total. The van der Waals surface area contributed by atoms with Gasteiger partial charge in [-0.3, -0.25) is 4.79 Å². The van der Waals surface area contributed by atoms with E-state index in [9.17, 15) is 4.79 Å². The molecule has 6 heteroatoms. The highest BCUT2D eigenvalue weighted by Gasteiger charge is 2.17. The Morgan fingerprint density at radius 3 is 2.36 bits per heavy atom. The van der Waals surface area contributed by atoms with Gasteiger partial charge in [-0.1, -0.05) is 42.5 Å². The van der Waals surface area contributed by atoms with Gasteiger partial charge in [-0.2, -0.15) is 0 Å². The molecule has 0 atom stereocenters. The summed E-state index contributed by atoms with van der Waals surface area (Å²) in [6.45, 7) is 5.69. The molecule has 0 aliphatic heterocycles. The van der Waals surface area contributed by atoms with Crippen LogP contribution in [0.25, 0.3) is 11.4 Å². The van der Waals surface area contributed by atoms with Gasteiger partial charge in [-0.15, -0.1) is 0 Å². The lowest BCUT2D eigenvalue weighted by Gasteiger charge is -2.21. The fourth-order valence-electron chi connectivity index (χ4n) is 2.91. The lowest BCUT2D eigenvalue weighted by atomic mass is 10.2. The summed E-state index contributed by atoms with van der Waals surface area (Å²) in [4.78, 5) is 24.2. The number of hydrogen-bond donors (Lipinski definition) is 1. The quantitative estimate of drug-likeness (QED) is 0.668. The van der Waals surface area contributed by atoms with Gasteiger partial charge in [0.2, 0.25) is 0 Å². The molecule has 0 saturated heterocycles. The number of methoxy groups -OCH3 is 1. The van der Waals surface area contributed by atoms with Gasteiger partial charge >= 0.3 is 0 Å². The molecule has 0 spiro atoms. The number of nitrogens with one attached hydrogen (secondary N) is 1. The molecule has 28 heavy (non-hydrogen) atoms. The molecule has 0 unspecified atom stereocenters. The Hall–Kier alpha value is -3.41. The molecular weight excluding hydrogens is 352 g/mol. The highest BCUT2D eigenvalue weighted by atomic mass is 16.5. The van der Waals surface area contributed by atoms with Gasteiger partial charge in [0, 0.05) is 24.7 Å². The molecule has 1 amide bonds. The van der Waals surface area contributed by atoms with Crippen molar-refractivity contribution >= 4 is 17.4 Å². The van der Waals surface area contributed by atoms with Crippen LogP contribution in [0.15, 0.2) is 60.7 Å². The van der Waals surface area contributed by atoms with Crippen LogP contribution < -0.4 is 15.0 Å². The minimum absolute atomic E-state index is 0.307. The van der Waals surface area contributed by atoms with Crippen LogP contribution in [-0.2, 0) is 0 Å². The number of nitrogens with zero attached hydrogens (tertiary/aromatic N) is 3. The lowest BCUT2D eigenvalue weighted by Crippen LogP contribution is -2.24. The van der Waals surface area contributed by atoms with Gasteiger partial charge in [0.05, 0.1) is 12.8 Å². The van der Waals surface area contributed by atoms with E-state index in [4.69, 9.17) is 4.74 Å². The second-order valence-corrected chi connectivity index (χ2v) is 6.13. The number of benzene rings is 2. The number of para-hydroxylation sites is 2. The summed E-state index contributed by atoms with van der Waals surface area (Å²) in [5.41, 5.74) is 1.77. The molecule has 3 aromatic rings. The van der Waals surface area contributed by atoms with Crippen molar-refractivity contribution in [3.8, 4) is 17.1 Å². The van der Waals surface area contributed by atoms with Crippen LogP contribution in [0.2, 0.25) is 0 Å². The molecule has 1 N–H and O–H groups in total. The van der Waals surface area contributed by atoms with E-state index in [1.54, 1.807) is 25.3 Å². The lowest BCUT2D eigenvalue weighted by molar-refractivity contribution is 0.102. The van der Waals surface area contributed by atoms with Gasteiger partial charge < -0.3 is 15.0 Å². The number of aromatic nitrogens is 2. The minimum Gasteiger partial charge on any atom is -0.495 e. The van der Waals surface area contributed by atoms with Crippen molar-refractivity contribution in [2.45, 2.75) is 13.8 Å². The Balaban J connectivity index is 2.01. The third-order valence-electron chi connectivity index (χ3n) is 4.42. The summed E-state index contributed by atoms with van der Waals surface area (Å²) < 4.78 is 5.32. The number of carbonyl (C=O) groups is 1. The molecule has 144 valence electrons. The second-order valence-electron chi connectivity index (χ2n) is 6.13. The van der Waals surface area contributed by atoms with Gasteiger partial charge in [-0.25, -0.2) is 9.97 Å². The van der Waals surface area contributed by atoms with E-state index >= 15 is 0 Å². The second kappa shape index (κ2) is 8.99. The molecule has 3 rings (SSSR count). The predicted molar refractivity (Wildman–Crippen MR) is 112 cm³/mol. The third kappa shape index (κ3) is 4.28. The van der Waals surface area contributed by atoms with E-state index in [0.717, 1.165) is 24.5 Å².